The van der Waals surface area contributed by atoms with Gasteiger partial charge in [-0.05, 0) is 55.7 Å². The molecule has 0 spiro atoms. The van der Waals surface area contributed by atoms with Crippen LogP contribution >= 0.6 is 0 Å². The minimum absolute atomic E-state index is 0.0201. The lowest BCUT2D eigenvalue weighted by Crippen LogP contribution is -2.42. The van der Waals surface area contributed by atoms with E-state index in [-0.39, 0.29) is 11.0 Å². The van der Waals surface area contributed by atoms with Gasteiger partial charge in [0.2, 0.25) is 10.0 Å². The highest BCUT2D eigenvalue weighted by Crippen LogP contribution is 2.21. The molecule has 0 saturated carbocycles. The van der Waals surface area contributed by atoms with Gasteiger partial charge in [-0.3, -0.25) is 4.99 Å². The van der Waals surface area contributed by atoms with E-state index in [0.717, 1.165) is 37.2 Å². The van der Waals surface area contributed by atoms with Crippen LogP contribution in [0.5, 0.6) is 0 Å². The van der Waals surface area contributed by atoms with Crippen LogP contribution in [0.15, 0.2) is 34.2 Å². The van der Waals surface area contributed by atoms with Crippen molar-refractivity contribution in [1.29, 1.82) is 0 Å². The number of nitrogens with one attached hydrogen (secondary N) is 3. The first-order valence-electron chi connectivity index (χ1n) is 10.8. The summed E-state index contributed by atoms with van der Waals surface area (Å²) in [5, 5.41) is 6.70. The van der Waals surface area contributed by atoms with E-state index in [4.69, 9.17) is 4.74 Å². The molecule has 2 atom stereocenters. The summed E-state index contributed by atoms with van der Waals surface area (Å²) in [4.78, 5) is 4.55. The van der Waals surface area contributed by atoms with Crippen molar-refractivity contribution in [1.82, 2.24) is 15.4 Å². The average molecular weight is 439 g/mol. The number of aliphatic imine (C=N–C) groups is 1. The molecule has 2 rings (SSSR count). The van der Waals surface area contributed by atoms with Crippen molar-refractivity contribution < 1.29 is 13.2 Å². The van der Waals surface area contributed by atoms with Crippen LogP contribution in [0.4, 0.5) is 0 Å². The van der Waals surface area contributed by atoms with Crippen LogP contribution in [-0.4, -0.2) is 46.7 Å². The van der Waals surface area contributed by atoms with Crippen molar-refractivity contribution in [2.75, 3.05) is 20.2 Å². The molecule has 0 amide bonds. The summed E-state index contributed by atoms with van der Waals surface area (Å²) in [6, 6.07) is 7.24. The second-order valence-electron chi connectivity index (χ2n) is 9.20. The molecule has 1 aliphatic rings. The van der Waals surface area contributed by atoms with Crippen molar-refractivity contribution in [3.63, 3.8) is 0 Å². The maximum absolute atomic E-state index is 12.5. The quantitative estimate of drug-likeness (QED) is 0.407. The topological polar surface area (TPSA) is 91.8 Å². The summed E-state index contributed by atoms with van der Waals surface area (Å²) in [5.41, 5.74) is 1.30. The highest BCUT2D eigenvalue weighted by molar-refractivity contribution is 7.89. The zero-order valence-electron chi connectivity index (χ0n) is 19.0. The lowest BCUT2D eigenvalue weighted by atomic mass is 9.89. The Bertz CT molecular complexity index is 780. The van der Waals surface area contributed by atoms with Crippen LogP contribution in [0, 0.1) is 5.41 Å². The van der Waals surface area contributed by atoms with Crippen molar-refractivity contribution in [2.24, 2.45) is 10.4 Å². The monoisotopic (exact) mass is 438 g/mol. The highest BCUT2D eigenvalue weighted by atomic mass is 32.2. The maximum atomic E-state index is 12.5. The van der Waals surface area contributed by atoms with Crippen LogP contribution in [0.1, 0.15) is 58.9 Å². The predicted molar refractivity (Wildman–Crippen MR) is 122 cm³/mol. The fourth-order valence-electron chi connectivity index (χ4n) is 3.21. The number of ether oxygens (including phenoxy) is 1. The zero-order valence-corrected chi connectivity index (χ0v) is 19.8. The number of nitrogens with zero attached hydrogens (tertiary/aromatic N) is 1. The van der Waals surface area contributed by atoms with Gasteiger partial charge in [0.05, 0.1) is 11.0 Å². The molecule has 170 valence electrons. The Kier molecular flexibility index (Phi) is 9.12. The third kappa shape index (κ3) is 8.62. The molecular formula is C22H38N4O3S. The molecule has 2 unspecified atom stereocenters. The first-order chi connectivity index (χ1) is 14.1. The highest BCUT2D eigenvalue weighted by Gasteiger charge is 2.20. The number of guanidine groups is 1. The van der Waals surface area contributed by atoms with Gasteiger partial charge in [0.25, 0.3) is 0 Å². The molecule has 1 aromatic rings. The maximum Gasteiger partial charge on any atom is 0.240 e. The number of rotatable bonds is 9. The average Bonchev–Trinajstić information content (AvgIpc) is 3.21. The predicted octanol–water partition coefficient (Wildman–Crippen LogP) is 3.02. The summed E-state index contributed by atoms with van der Waals surface area (Å²) in [5.74, 6) is 0.742. The zero-order chi connectivity index (χ0) is 22.2. The van der Waals surface area contributed by atoms with E-state index in [1.807, 2.05) is 12.1 Å². The molecule has 8 heteroatoms. The molecule has 1 aromatic carbocycles. The Balaban J connectivity index is 1.82. The summed E-state index contributed by atoms with van der Waals surface area (Å²) >= 11 is 0. The van der Waals surface area contributed by atoms with E-state index in [1.54, 1.807) is 19.2 Å². The molecule has 1 aliphatic heterocycles. The van der Waals surface area contributed by atoms with Crippen molar-refractivity contribution in [2.45, 2.75) is 77.0 Å². The van der Waals surface area contributed by atoms with Gasteiger partial charge < -0.3 is 15.4 Å². The molecule has 0 radical (unpaired) electrons. The Hall–Kier alpha value is -1.64. The second-order valence-corrected chi connectivity index (χ2v) is 11.0. The summed E-state index contributed by atoms with van der Waals surface area (Å²) < 4.78 is 33.0. The lowest BCUT2D eigenvalue weighted by Gasteiger charge is -2.23. The third-order valence-electron chi connectivity index (χ3n) is 5.15. The Morgan fingerprint density at radius 1 is 1.27 bits per heavy atom. The van der Waals surface area contributed by atoms with Crippen molar-refractivity contribution >= 4 is 16.0 Å². The number of sulfonamides is 1. The fraction of sp³-hybridized carbons (Fsp3) is 0.682. The largest absolute Gasteiger partial charge is 0.377 e. The second kappa shape index (κ2) is 11.1. The van der Waals surface area contributed by atoms with Gasteiger partial charge in [-0.25, -0.2) is 13.1 Å². The van der Waals surface area contributed by atoms with Gasteiger partial charge in [-0.15, -0.1) is 0 Å². The summed E-state index contributed by atoms with van der Waals surface area (Å²) in [6.45, 7) is 10.5. The van der Waals surface area contributed by atoms with Crippen LogP contribution in [0.3, 0.4) is 0 Å². The van der Waals surface area contributed by atoms with Gasteiger partial charge in [-0.2, -0.15) is 0 Å². The fourth-order valence-corrected chi connectivity index (χ4v) is 4.28. The van der Waals surface area contributed by atoms with E-state index in [1.165, 1.54) is 0 Å². The minimum atomic E-state index is -3.52. The van der Waals surface area contributed by atoms with Crippen LogP contribution in [-0.2, 0) is 21.3 Å². The van der Waals surface area contributed by atoms with Gasteiger partial charge in [-0.1, -0.05) is 32.9 Å². The molecule has 3 N–H and O–H groups in total. The van der Waals surface area contributed by atoms with Gasteiger partial charge >= 0.3 is 0 Å². The molecule has 30 heavy (non-hydrogen) atoms. The molecular weight excluding hydrogens is 400 g/mol. The SMILES string of the molecule is CN=C(NCc1ccc(S(=O)(=O)NCC2CCCO2)cc1)NC(C)CCC(C)(C)C. The Morgan fingerprint density at radius 3 is 2.53 bits per heavy atom. The molecule has 0 aliphatic carbocycles. The summed E-state index contributed by atoms with van der Waals surface area (Å²) in [7, 11) is -1.77. The van der Waals surface area contributed by atoms with E-state index in [2.05, 4.69) is 48.0 Å². The van der Waals surface area contributed by atoms with E-state index in [0.29, 0.717) is 31.2 Å². The third-order valence-corrected chi connectivity index (χ3v) is 6.59. The molecule has 1 fully saturated rings. The van der Waals surface area contributed by atoms with Crippen LogP contribution < -0.4 is 15.4 Å². The molecule has 0 bridgehead atoms. The first-order valence-corrected chi connectivity index (χ1v) is 12.2. The smallest absolute Gasteiger partial charge is 0.240 e. The first kappa shape index (κ1) is 24.6. The number of hydrogen-bond acceptors (Lipinski definition) is 4. The molecule has 0 aromatic heterocycles. The molecule has 1 saturated heterocycles. The van der Waals surface area contributed by atoms with E-state index in [9.17, 15) is 8.42 Å². The Labute approximate surface area is 182 Å². The minimum Gasteiger partial charge on any atom is -0.377 e. The normalized spacial score (nSPS) is 19.0. The number of hydrogen-bond donors (Lipinski definition) is 3. The van der Waals surface area contributed by atoms with Gasteiger partial charge in [0.15, 0.2) is 5.96 Å². The molecule has 1 heterocycles. The summed E-state index contributed by atoms with van der Waals surface area (Å²) in [6.07, 6.45) is 4.07. The van der Waals surface area contributed by atoms with E-state index >= 15 is 0 Å². The van der Waals surface area contributed by atoms with Crippen LogP contribution in [0.25, 0.3) is 0 Å². The Morgan fingerprint density at radius 2 is 1.97 bits per heavy atom. The van der Waals surface area contributed by atoms with Crippen molar-refractivity contribution in [3.8, 4) is 0 Å². The number of benzene rings is 1. The van der Waals surface area contributed by atoms with Crippen molar-refractivity contribution in [3.05, 3.63) is 29.8 Å². The van der Waals surface area contributed by atoms with E-state index < -0.39 is 10.0 Å². The molecule has 7 nitrogen and oxygen atoms in total. The van der Waals surface area contributed by atoms with Gasteiger partial charge in [0, 0.05) is 32.8 Å². The standard InChI is InChI=1S/C22H38N4O3S/c1-17(12-13-22(2,3)4)26-21(23-5)24-15-18-8-10-20(11-9-18)30(27,28)25-16-19-7-6-14-29-19/h8-11,17,19,25H,6-7,12-16H2,1-5H3,(H2,23,24,26). The van der Waals surface area contributed by atoms with Gasteiger partial charge in [0.1, 0.15) is 0 Å². The van der Waals surface area contributed by atoms with Crippen LogP contribution in [0.2, 0.25) is 0 Å². The lowest BCUT2D eigenvalue weighted by molar-refractivity contribution is 0.114.